The maximum absolute atomic E-state index is 12.2. The minimum Gasteiger partial charge on any atom is -0.506 e. The number of carbonyl (C=O) groups excluding carboxylic acids is 1. The zero-order valence-electron chi connectivity index (χ0n) is 11.8. The van der Waals surface area contributed by atoms with E-state index in [1.807, 2.05) is 28.7 Å². The van der Waals surface area contributed by atoms with Crippen molar-refractivity contribution in [3.63, 3.8) is 0 Å². The molecule has 0 unspecified atom stereocenters. The highest BCUT2D eigenvalue weighted by atomic mass is 127. The van der Waals surface area contributed by atoms with Crippen LogP contribution in [0.2, 0.25) is 0 Å². The Balaban J connectivity index is 2.02. The Hall–Kier alpha value is -0.0900. The van der Waals surface area contributed by atoms with Crippen LogP contribution in [0.3, 0.4) is 0 Å². The molecule has 1 amide bonds. The Labute approximate surface area is 152 Å². The summed E-state index contributed by atoms with van der Waals surface area (Å²) in [6.07, 6.45) is 3.39. The lowest BCUT2D eigenvalue weighted by atomic mass is 9.79. The van der Waals surface area contributed by atoms with Crippen LogP contribution in [0.25, 0.3) is 0 Å². The van der Waals surface area contributed by atoms with Crippen molar-refractivity contribution in [3.05, 3.63) is 24.8 Å². The summed E-state index contributed by atoms with van der Waals surface area (Å²) in [4.78, 5) is 12.2. The summed E-state index contributed by atoms with van der Waals surface area (Å²) < 4.78 is 1.54. The van der Waals surface area contributed by atoms with Crippen LogP contribution in [-0.4, -0.2) is 28.3 Å². The van der Waals surface area contributed by atoms with Gasteiger partial charge in [0.05, 0.1) is 14.7 Å². The minimum absolute atomic E-state index is 0.00206. The molecule has 0 aromatic heterocycles. The predicted molar refractivity (Wildman–Crippen MR) is 98.5 cm³/mol. The molecule has 21 heavy (non-hydrogen) atoms. The van der Waals surface area contributed by atoms with Gasteiger partial charge < -0.3 is 15.5 Å². The van der Waals surface area contributed by atoms with E-state index in [-0.39, 0.29) is 23.8 Å². The first-order valence-electron chi connectivity index (χ1n) is 6.99. The zero-order valence-corrected chi connectivity index (χ0v) is 16.1. The van der Waals surface area contributed by atoms with Crippen LogP contribution >= 0.6 is 45.2 Å². The van der Waals surface area contributed by atoms with Crippen LogP contribution in [0.5, 0.6) is 5.75 Å². The summed E-state index contributed by atoms with van der Waals surface area (Å²) in [5.74, 6) is 0.302. The molecule has 0 bridgehead atoms. The molecule has 0 spiro atoms. The van der Waals surface area contributed by atoms with Gasteiger partial charge in [-0.1, -0.05) is 6.92 Å². The number of rotatable bonds is 3. The molecule has 0 aliphatic heterocycles. The molecular weight excluding hydrogens is 496 g/mol. The first-order chi connectivity index (χ1) is 9.81. The third kappa shape index (κ3) is 4.44. The molecule has 0 atom stereocenters. The molecule has 1 saturated carbocycles. The maximum Gasteiger partial charge on any atom is 0.255 e. The zero-order chi connectivity index (χ0) is 15.6. The second-order valence-electron chi connectivity index (χ2n) is 5.87. The van der Waals surface area contributed by atoms with Gasteiger partial charge in [0.15, 0.2) is 0 Å². The average Bonchev–Trinajstić information content (AvgIpc) is 2.44. The van der Waals surface area contributed by atoms with Crippen molar-refractivity contribution in [3.8, 4) is 5.75 Å². The van der Waals surface area contributed by atoms with E-state index < -0.39 is 5.60 Å². The van der Waals surface area contributed by atoms with E-state index in [9.17, 15) is 15.0 Å². The van der Waals surface area contributed by atoms with E-state index >= 15 is 0 Å². The molecule has 0 heterocycles. The van der Waals surface area contributed by atoms with E-state index in [0.717, 1.165) is 16.4 Å². The summed E-state index contributed by atoms with van der Waals surface area (Å²) in [5.41, 5.74) is -0.550. The molecule has 1 fully saturated rings. The minimum atomic E-state index is -0.813. The Bertz CT molecular complexity index is 540. The molecule has 116 valence electrons. The average molecular weight is 515 g/mol. The van der Waals surface area contributed by atoms with Gasteiger partial charge in [-0.3, -0.25) is 4.79 Å². The van der Waals surface area contributed by atoms with Crippen LogP contribution in [0.15, 0.2) is 12.1 Å². The Kier molecular flexibility index (Phi) is 5.75. The number of phenolic OH excluding ortho intramolecular Hbond substituents is 1. The number of aromatic hydroxyl groups is 1. The molecule has 1 aromatic rings. The van der Waals surface area contributed by atoms with E-state index in [1.54, 1.807) is 6.07 Å². The molecule has 4 nitrogen and oxygen atoms in total. The topological polar surface area (TPSA) is 69.6 Å². The van der Waals surface area contributed by atoms with Crippen LogP contribution in [0, 0.1) is 13.1 Å². The second-order valence-corrected chi connectivity index (χ2v) is 8.28. The van der Waals surface area contributed by atoms with Crippen LogP contribution < -0.4 is 5.32 Å². The predicted octanol–water partition coefficient (Wildman–Crippen LogP) is 3.27. The van der Waals surface area contributed by atoms with Crippen molar-refractivity contribution in [2.24, 2.45) is 5.92 Å². The number of hydrogen-bond acceptors (Lipinski definition) is 3. The third-order valence-corrected chi connectivity index (χ3v) is 5.50. The normalized spacial score (nSPS) is 25.6. The Morgan fingerprint density at radius 3 is 2.62 bits per heavy atom. The lowest BCUT2D eigenvalue weighted by Crippen LogP contribution is -2.45. The van der Waals surface area contributed by atoms with Crippen molar-refractivity contribution in [2.45, 2.75) is 38.2 Å². The summed E-state index contributed by atoms with van der Waals surface area (Å²) in [6.45, 7) is 2.42. The first-order valence-corrected chi connectivity index (χ1v) is 9.15. The molecule has 3 N–H and O–H groups in total. The molecule has 6 heteroatoms. The molecule has 0 radical (unpaired) electrons. The van der Waals surface area contributed by atoms with Gasteiger partial charge in [-0.05, 0) is 88.9 Å². The molecular formula is C15H19I2NO3. The van der Waals surface area contributed by atoms with Crippen molar-refractivity contribution in [1.82, 2.24) is 5.32 Å². The van der Waals surface area contributed by atoms with Gasteiger partial charge in [0.1, 0.15) is 5.75 Å². The maximum atomic E-state index is 12.2. The number of halogens is 2. The fourth-order valence-corrected chi connectivity index (χ4v) is 4.40. The van der Waals surface area contributed by atoms with E-state index in [4.69, 9.17) is 0 Å². The number of phenols is 1. The smallest absolute Gasteiger partial charge is 0.255 e. The van der Waals surface area contributed by atoms with E-state index in [2.05, 4.69) is 34.8 Å². The highest BCUT2D eigenvalue weighted by Gasteiger charge is 2.32. The monoisotopic (exact) mass is 515 g/mol. The van der Waals surface area contributed by atoms with Gasteiger partial charge in [-0.15, -0.1) is 0 Å². The first kappa shape index (κ1) is 17.3. The molecule has 2 rings (SSSR count). The quantitative estimate of drug-likeness (QED) is 0.542. The van der Waals surface area contributed by atoms with E-state index in [1.165, 1.54) is 0 Å². The van der Waals surface area contributed by atoms with Gasteiger partial charge in [0.2, 0.25) is 0 Å². The fraction of sp³-hybridized carbons (Fsp3) is 0.533. The van der Waals surface area contributed by atoms with Crippen LogP contribution in [0.1, 0.15) is 43.0 Å². The highest BCUT2D eigenvalue weighted by molar-refractivity contribution is 14.1. The van der Waals surface area contributed by atoms with Crippen molar-refractivity contribution in [1.29, 1.82) is 0 Å². The number of carbonyl (C=O) groups is 1. The Morgan fingerprint density at radius 2 is 2.00 bits per heavy atom. The highest BCUT2D eigenvalue weighted by Crippen LogP contribution is 2.32. The van der Waals surface area contributed by atoms with Gasteiger partial charge in [-0.25, -0.2) is 0 Å². The van der Waals surface area contributed by atoms with Crippen molar-refractivity contribution < 1.29 is 15.0 Å². The van der Waals surface area contributed by atoms with Gasteiger partial charge in [-0.2, -0.15) is 0 Å². The summed E-state index contributed by atoms with van der Waals surface area (Å²) in [6, 6.07) is 3.46. The molecule has 0 saturated heterocycles. The summed E-state index contributed by atoms with van der Waals surface area (Å²) in [7, 11) is 0. The standard InChI is InChI=1S/C15H19I2NO3/c1-9-2-4-15(21,5-3-9)8-18-14(20)11-6-10(16)7-12(17)13(11)19/h6-7,9,19,21H,2-5,8H2,1H3,(H,18,20). The Morgan fingerprint density at radius 1 is 1.38 bits per heavy atom. The molecule has 1 aliphatic rings. The van der Waals surface area contributed by atoms with Crippen LogP contribution in [-0.2, 0) is 0 Å². The number of nitrogens with one attached hydrogen (secondary N) is 1. The molecule has 1 aromatic carbocycles. The summed E-state index contributed by atoms with van der Waals surface area (Å²) >= 11 is 4.11. The largest absolute Gasteiger partial charge is 0.506 e. The number of benzene rings is 1. The van der Waals surface area contributed by atoms with Gasteiger partial charge in [0, 0.05) is 10.1 Å². The third-order valence-electron chi connectivity index (χ3n) is 4.06. The van der Waals surface area contributed by atoms with Crippen molar-refractivity contribution in [2.75, 3.05) is 6.54 Å². The van der Waals surface area contributed by atoms with Crippen LogP contribution in [0.4, 0.5) is 0 Å². The van der Waals surface area contributed by atoms with Crippen molar-refractivity contribution >= 4 is 51.1 Å². The number of hydrogen-bond donors (Lipinski definition) is 3. The summed E-state index contributed by atoms with van der Waals surface area (Å²) in [5, 5.41) is 23.2. The van der Waals surface area contributed by atoms with Gasteiger partial charge in [0.25, 0.3) is 5.91 Å². The SMILES string of the molecule is CC1CCC(O)(CNC(=O)c2cc(I)cc(I)c2O)CC1. The number of aliphatic hydroxyl groups is 1. The van der Waals surface area contributed by atoms with Gasteiger partial charge >= 0.3 is 0 Å². The fourth-order valence-electron chi connectivity index (χ4n) is 2.56. The lowest BCUT2D eigenvalue weighted by molar-refractivity contribution is -0.00542. The second kappa shape index (κ2) is 6.99. The number of amides is 1. The molecule has 1 aliphatic carbocycles. The van der Waals surface area contributed by atoms with E-state index in [0.29, 0.717) is 22.3 Å². The lowest BCUT2D eigenvalue weighted by Gasteiger charge is -2.34.